The quantitative estimate of drug-likeness (QED) is 0.443. The van der Waals surface area contributed by atoms with Gasteiger partial charge < -0.3 is 19.7 Å². The number of thioether (sulfide) groups is 1. The highest BCUT2D eigenvalue weighted by Crippen LogP contribution is 2.29. The Morgan fingerprint density at radius 3 is 3.00 bits per heavy atom. The van der Waals surface area contributed by atoms with E-state index in [1.54, 1.807) is 11.3 Å². The van der Waals surface area contributed by atoms with Crippen LogP contribution in [-0.2, 0) is 30.4 Å². The molecule has 4 heterocycles. The van der Waals surface area contributed by atoms with Crippen molar-refractivity contribution >= 4 is 40.9 Å². The van der Waals surface area contributed by atoms with Crippen LogP contribution in [0.15, 0.2) is 22.7 Å². The number of aromatic nitrogens is 3. The first-order valence-electron chi connectivity index (χ1n) is 10.4. The highest BCUT2D eigenvalue weighted by molar-refractivity contribution is 7.99. The minimum absolute atomic E-state index is 0.0824. The van der Waals surface area contributed by atoms with Crippen LogP contribution >= 0.6 is 23.1 Å². The zero-order valence-corrected chi connectivity index (χ0v) is 19.3. The van der Waals surface area contributed by atoms with Gasteiger partial charge in [0.05, 0.1) is 36.8 Å². The molecule has 0 spiro atoms. The summed E-state index contributed by atoms with van der Waals surface area (Å²) in [6.45, 7) is 2.06. The van der Waals surface area contributed by atoms with Gasteiger partial charge in [-0.2, -0.15) is 0 Å². The van der Waals surface area contributed by atoms with E-state index in [-0.39, 0.29) is 30.1 Å². The lowest BCUT2D eigenvalue weighted by Gasteiger charge is -2.34. The van der Waals surface area contributed by atoms with E-state index < -0.39 is 12.0 Å². The Kier molecular flexibility index (Phi) is 7.43. The number of ether oxygens (including phenoxy) is 2. The molecule has 0 aliphatic carbocycles. The molecule has 2 aromatic rings. The van der Waals surface area contributed by atoms with E-state index in [0.29, 0.717) is 24.8 Å². The zero-order valence-electron chi connectivity index (χ0n) is 17.7. The minimum atomic E-state index is -0.865. The van der Waals surface area contributed by atoms with Crippen molar-refractivity contribution in [2.75, 3.05) is 32.6 Å². The van der Waals surface area contributed by atoms with Crippen LogP contribution in [0.3, 0.4) is 0 Å². The summed E-state index contributed by atoms with van der Waals surface area (Å²) < 4.78 is 12.5. The van der Waals surface area contributed by atoms with Gasteiger partial charge >= 0.3 is 5.97 Å². The standard InChI is InChI=1S/C20H25N5O5S2/c1-29-17(27)10-14-19(28)21-6-7-24(14)16(26)12-32-20-23-22-18(15-5-3-9-31-15)25(20)11-13-4-2-8-30-13/h3,5,9,13-14H,2,4,6-8,10-12H2,1H3,(H,21,28)/t13-,14+/m1/s1. The van der Waals surface area contributed by atoms with Crippen LogP contribution in [0.4, 0.5) is 0 Å². The molecule has 2 saturated heterocycles. The van der Waals surface area contributed by atoms with E-state index in [9.17, 15) is 14.4 Å². The number of hydrogen-bond donors (Lipinski definition) is 1. The maximum atomic E-state index is 13.0. The monoisotopic (exact) mass is 479 g/mol. The molecule has 172 valence electrons. The summed E-state index contributed by atoms with van der Waals surface area (Å²) >= 11 is 2.86. The number of carbonyl (C=O) groups excluding carboxylic acids is 3. The summed E-state index contributed by atoms with van der Waals surface area (Å²) in [5.74, 6) is -0.274. The van der Waals surface area contributed by atoms with Crippen molar-refractivity contribution in [3.8, 4) is 10.7 Å². The average Bonchev–Trinajstić information content (AvgIpc) is 3.56. The van der Waals surface area contributed by atoms with Crippen LogP contribution in [0.2, 0.25) is 0 Å². The molecule has 2 fully saturated rings. The Hall–Kier alpha value is -2.44. The van der Waals surface area contributed by atoms with Crippen molar-refractivity contribution in [1.29, 1.82) is 0 Å². The minimum Gasteiger partial charge on any atom is -0.469 e. The molecular formula is C20H25N5O5S2. The Bertz CT molecular complexity index is 958. The van der Waals surface area contributed by atoms with Crippen LogP contribution in [0, 0.1) is 0 Å². The number of methoxy groups -OCH3 is 1. The number of nitrogens with one attached hydrogen (secondary N) is 1. The first-order chi connectivity index (χ1) is 15.6. The number of piperazine rings is 1. The zero-order chi connectivity index (χ0) is 22.5. The maximum absolute atomic E-state index is 13.0. The predicted molar refractivity (Wildman–Crippen MR) is 118 cm³/mol. The van der Waals surface area contributed by atoms with Gasteiger partial charge in [0.15, 0.2) is 11.0 Å². The molecule has 0 aromatic carbocycles. The lowest BCUT2D eigenvalue weighted by molar-refractivity contribution is -0.149. The second-order valence-electron chi connectivity index (χ2n) is 7.49. The Balaban J connectivity index is 1.48. The van der Waals surface area contributed by atoms with E-state index in [2.05, 4.69) is 20.3 Å². The normalized spacial score (nSPS) is 20.9. The highest BCUT2D eigenvalue weighted by atomic mass is 32.2. The number of nitrogens with zero attached hydrogens (tertiary/aromatic N) is 4. The molecule has 2 amide bonds. The van der Waals surface area contributed by atoms with Gasteiger partial charge in [0.2, 0.25) is 11.8 Å². The van der Waals surface area contributed by atoms with Crippen molar-refractivity contribution in [2.45, 2.75) is 43.1 Å². The van der Waals surface area contributed by atoms with Gasteiger partial charge in [-0.05, 0) is 24.3 Å². The number of carbonyl (C=O) groups is 3. The SMILES string of the molecule is COC(=O)C[C@H]1C(=O)NCCN1C(=O)CSc1nnc(-c2cccs2)n1C[C@H]1CCCO1. The predicted octanol–water partition coefficient (Wildman–Crippen LogP) is 1.17. The van der Waals surface area contributed by atoms with Crippen molar-refractivity contribution in [1.82, 2.24) is 25.0 Å². The molecule has 2 aliphatic rings. The van der Waals surface area contributed by atoms with Crippen LogP contribution in [0.25, 0.3) is 10.7 Å². The molecule has 32 heavy (non-hydrogen) atoms. The van der Waals surface area contributed by atoms with Gasteiger partial charge in [0.1, 0.15) is 6.04 Å². The Morgan fingerprint density at radius 2 is 2.28 bits per heavy atom. The summed E-state index contributed by atoms with van der Waals surface area (Å²) in [5.41, 5.74) is 0. The molecule has 0 radical (unpaired) electrons. The maximum Gasteiger partial charge on any atom is 0.308 e. The molecule has 2 aliphatic heterocycles. The second-order valence-corrected chi connectivity index (χ2v) is 9.38. The number of esters is 1. The fraction of sp³-hybridized carbons (Fsp3) is 0.550. The third-order valence-corrected chi connectivity index (χ3v) is 7.25. The lowest BCUT2D eigenvalue weighted by Crippen LogP contribution is -2.58. The van der Waals surface area contributed by atoms with Gasteiger partial charge in [-0.15, -0.1) is 21.5 Å². The van der Waals surface area contributed by atoms with Crippen LogP contribution < -0.4 is 5.32 Å². The van der Waals surface area contributed by atoms with E-state index in [1.165, 1.54) is 23.8 Å². The fourth-order valence-electron chi connectivity index (χ4n) is 3.81. The van der Waals surface area contributed by atoms with Crippen LogP contribution in [0.5, 0.6) is 0 Å². The molecule has 0 bridgehead atoms. The third-order valence-electron chi connectivity index (χ3n) is 5.43. The summed E-state index contributed by atoms with van der Waals surface area (Å²) in [6, 6.07) is 3.09. The van der Waals surface area contributed by atoms with Crippen LogP contribution in [-0.4, -0.2) is 82.2 Å². The summed E-state index contributed by atoms with van der Waals surface area (Å²) in [5, 5.41) is 14.0. The Morgan fingerprint density at radius 1 is 1.41 bits per heavy atom. The van der Waals surface area contributed by atoms with Crippen molar-refractivity contribution in [3.05, 3.63) is 17.5 Å². The summed E-state index contributed by atoms with van der Waals surface area (Å²) in [4.78, 5) is 39.4. The van der Waals surface area contributed by atoms with Gasteiger partial charge in [-0.25, -0.2) is 0 Å². The van der Waals surface area contributed by atoms with Crippen LogP contribution in [0.1, 0.15) is 19.3 Å². The number of rotatable bonds is 8. The molecular weight excluding hydrogens is 454 g/mol. The molecule has 10 nitrogen and oxygen atoms in total. The van der Waals surface area contributed by atoms with E-state index in [0.717, 1.165) is 30.2 Å². The first-order valence-corrected chi connectivity index (χ1v) is 12.3. The molecule has 1 N–H and O–H groups in total. The van der Waals surface area contributed by atoms with E-state index >= 15 is 0 Å². The smallest absolute Gasteiger partial charge is 0.308 e. The molecule has 0 unspecified atom stereocenters. The van der Waals surface area contributed by atoms with Gasteiger partial charge in [0.25, 0.3) is 0 Å². The second kappa shape index (κ2) is 10.5. The summed E-state index contributed by atoms with van der Waals surface area (Å²) in [7, 11) is 1.26. The summed E-state index contributed by atoms with van der Waals surface area (Å²) in [6.07, 6.45) is 1.93. The fourth-order valence-corrected chi connectivity index (χ4v) is 5.36. The highest BCUT2D eigenvalue weighted by Gasteiger charge is 2.35. The topological polar surface area (TPSA) is 116 Å². The molecule has 2 aromatic heterocycles. The number of hydrogen-bond acceptors (Lipinski definition) is 9. The molecule has 4 rings (SSSR count). The number of amides is 2. The lowest BCUT2D eigenvalue weighted by atomic mass is 10.1. The van der Waals surface area contributed by atoms with Crippen molar-refractivity contribution in [2.24, 2.45) is 0 Å². The Labute approximate surface area is 193 Å². The molecule has 2 atom stereocenters. The largest absolute Gasteiger partial charge is 0.469 e. The molecule has 12 heteroatoms. The molecule has 0 saturated carbocycles. The van der Waals surface area contributed by atoms with Crippen molar-refractivity contribution in [3.63, 3.8) is 0 Å². The van der Waals surface area contributed by atoms with Gasteiger partial charge in [-0.3, -0.25) is 19.0 Å². The van der Waals surface area contributed by atoms with Gasteiger partial charge in [-0.1, -0.05) is 17.8 Å². The van der Waals surface area contributed by atoms with Crippen molar-refractivity contribution < 1.29 is 23.9 Å². The van der Waals surface area contributed by atoms with E-state index in [1.807, 2.05) is 22.1 Å². The third kappa shape index (κ3) is 5.13. The number of thiophene rings is 1. The van der Waals surface area contributed by atoms with E-state index in [4.69, 9.17) is 4.74 Å². The average molecular weight is 480 g/mol. The first kappa shape index (κ1) is 22.7. The van der Waals surface area contributed by atoms with Gasteiger partial charge in [0, 0.05) is 19.7 Å².